The first-order valence-electron chi connectivity index (χ1n) is 15.7. The van der Waals surface area contributed by atoms with Crippen molar-refractivity contribution >= 4 is 0 Å². The third-order valence-corrected chi connectivity index (χ3v) is 7.83. The average Bonchev–Trinajstić information content (AvgIpc) is 2.91. The smallest absolute Gasteiger partial charge is 0.101 e. The first-order valence-corrected chi connectivity index (χ1v) is 15.7. The Morgan fingerprint density at radius 3 is 1.68 bits per heavy atom. The van der Waals surface area contributed by atoms with Crippen LogP contribution in [0, 0.1) is 5.41 Å². The van der Waals surface area contributed by atoms with Crippen molar-refractivity contribution in [3.63, 3.8) is 0 Å². The Morgan fingerprint density at radius 2 is 1.20 bits per heavy atom. The fourth-order valence-electron chi connectivity index (χ4n) is 4.80. The lowest BCUT2D eigenvalue weighted by molar-refractivity contribution is -0.0509. The lowest BCUT2D eigenvalue weighted by atomic mass is 9.70. The predicted molar refractivity (Wildman–Crippen MR) is 189 cm³/mol. The Hall–Kier alpha value is -3.02. The molecule has 0 bridgehead atoms. The Labute approximate surface area is 268 Å². The van der Waals surface area contributed by atoms with Gasteiger partial charge in [-0.3, -0.25) is 0 Å². The third kappa shape index (κ3) is 15.1. The average molecular weight is 603 g/mol. The Kier molecular flexibility index (Phi) is 16.6. The van der Waals surface area contributed by atoms with Gasteiger partial charge in [-0.2, -0.15) is 0 Å². The highest BCUT2D eigenvalue weighted by Gasteiger charge is 2.36. The fourth-order valence-corrected chi connectivity index (χ4v) is 4.80. The largest absolute Gasteiger partial charge is 0.390 e. The number of aliphatic hydroxyl groups is 4. The lowest BCUT2D eigenvalue weighted by Crippen LogP contribution is -2.38. The Bertz CT molecular complexity index is 1280. The maximum Gasteiger partial charge on any atom is 0.101 e. The summed E-state index contributed by atoms with van der Waals surface area (Å²) in [5.74, 6) is 0. The first-order chi connectivity index (χ1) is 20.4. The van der Waals surface area contributed by atoms with Gasteiger partial charge in [0.2, 0.25) is 0 Å². The molecule has 4 heteroatoms. The van der Waals surface area contributed by atoms with Crippen LogP contribution in [0.1, 0.15) is 88.5 Å². The first kappa shape index (κ1) is 39.0. The summed E-state index contributed by atoms with van der Waals surface area (Å²) in [6.45, 7) is 19.7. The highest BCUT2D eigenvalue weighted by atomic mass is 16.3. The second-order valence-electron chi connectivity index (χ2n) is 13.4. The monoisotopic (exact) mass is 602 g/mol. The molecule has 0 spiro atoms. The van der Waals surface area contributed by atoms with Crippen LogP contribution in [0.2, 0.25) is 0 Å². The predicted octanol–water partition coefficient (Wildman–Crippen LogP) is 8.88. The van der Waals surface area contributed by atoms with E-state index in [1.165, 1.54) is 0 Å². The van der Waals surface area contributed by atoms with Gasteiger partial charge in [0.1, 0.15) is 6.10 Å². The van der Waals surface area contributed by atoms with E-state index in [2.05, 4.69) is 96.2 Å². The van der Waals surface area contributed by atoms with Crippen molar-refractivity contribution in [2.75, 3.05) is 0 Å². The van der Waals surface area contributed by atoms with Crippen molar-refractivity contribution in [2.24, 2.45) is 5.41 Å². The molecule has 4 N–H and O–H groups in total. The van der Waals surface area contributed by atoms with Gasteiger partial charge >= 0.3 is 0 Å². The maximum absolute atomic E-state index is 10.3. The topological polar surface area (TPSA) is 80.9 Å². The molecule has 242 valence electrons. The standard InChI is InChI=1S/C40H58O4/c1-29(18-13-20-31(3)21-15-23-33(5)25-27-37(42)40(9,10)44)16-11-12-17-30(2)19-14-22-32(4)24-26-35-34(6)38(43)36(41)28-39(35,7)8/h11-24,26,36-38,41-44H,25,27-28H2,1-10H3/b12-11+,18-13+,19-14+,21-15+,26-24+,29-16+,30-17+,31-20+,32-22+,33-23+/t36-,37+,38-/m1/s1. The zero-order chi connectivity index (χ0) is 33.5. The van der Waals surface area contributed by atoms with E-state index in [0.29, 0.717) is 12.8 Å². The third-order valence-electron chi connectivity index (χ3n) is 7.83. The van der Waals surface area contributed by atoms with Crippen molar-refractivity contribution < 1.29 is 20.4 Å². The molecule has 3 atom stereocenters. The fraction of sp³-hybridized carbons (Fsp3) is 0.450. The van der Waals surface area contributed by atoms with Crippen LogP contribution < -0.4 is 0 Å². The van der Waals surface area contributed by atoms with Crippen LogP contribution in [0.25, 0.3) is 0 Å². The maximum atomic E-state index is 10.3. The van der Waals surface area contributed by atoms with Crippen LogP contribution >= 0.6 is 0 Å². The number of hydrogen-bond acceptors (Lipinski definition) is 4. The van der Waals surface area contributed by atoms with E-state index in [0.717, 1.165) is 45.4 Å². The zero-order valence-electron chi connectivity index (χ0n) is 28.8. The van der Waals surface area contributed by atoms with Crippen molar-refractivity contribution in [3.8, 4) is 0 Å². The summed E-state index contributed by atoms with van der Waals surface area (Å²) in [6.07, 6.45) is 30.4. The van der Waals surface area contributed by atoms with Crippen LogP contribution in [0.4, 0.5) is 0 Å². The number of rotatable bonds is 14. The normalized spacial score (nSPS) is 22.6. The number of aliphatic hydroxyl groups excluding tert-OH is 3. The highest BCUT2D eigenvalue weighted by molar-refractivity contribution is 5.39. The minimum absolute atomic E-state index is 0.180. The van der Waals surface area contributed by atoms with Crippen LogP contribution in [0.5, 0.6) is 0 Å². The molecule has 0 radical (unpaired) electrons. The second-order valence-corrected chi connectivity index (χ2v) is 13.4. The molecule has 1 rings (SSSR count). The summed E-state index contributed by atoms with van der Waals surface area (Å²) in [5.41, 5.74) is 6.38. The van der Waals surface area contributed by atoms with Crippen LogP contribution in [0.15, 0.2) is 130 Å². The molecule has 0 saturated heterocycles. The Morgan fingerprint density at radius 1 is 0.773 bits per heavy atom. The molecule has 0 aromatic heterocycles. The summed E-state index contributed by atoms with van der Waals surface area (Å²) < 4.78 is 0. The summed E-state index contributed by atoms with van der Waals surface area (Å²) >= 11 is 0. The summed E-state index contributed by atoms with van der Waals surface area (Å²) in [6, 6.07) is 0. The summed E-state index contributed by atoms with van der Waals surface area (Å²) in [7, 11) is 0. The van der Waals surface area contributed by atoms with Gasteiger partial charge in [0.05, 0.1) is 17.8 Å². The van der Waals surface area contributed by atoms with Gasteiger partial charge in [0.25, 0.3) is 0 Å². The van der Waals surface area contributed by atoms with E-state index in [1.54, 1.807) is 13.8 Å². The van der Waals surface area contributed by atoms with E-state index in [-0.39, 0.29) is 5.41 Å². The minimum Gasteiger partial charge on any atom is -0.390 e. The molecule has 44 heavy (non-hydrogen) atoms. The molecule has 0 saturated carbocycles. The van der Waals surface area contributed by atoms with Gasteiger partial charge < -0.3 is 20.4 Å². The molecule has 0 amide bonds. The quantitative estimate of drug-likeness (QED) is 0.150. The second kappa shape index (κ2) is 18.7. The molecule has 4 nitrogen and oxygen atoms in total. The van der Waals surface area contributed by atoms with Crippen molar-refractivity contribution in [1.82, 2.24) is 0 Å². The molecule has 0 fully saturated rings. The molecule has 0 heterocycles. The molecule has 0 aliphatic heterocycles. The van der Waals surface area contributed by atoms with Gasteiger partial charge in [0.15, 0.2) is 0 Å². The molecule has 0 aromatic rings. The summed E-state index contributed by atoms with van der Waals surface area (Å²) in [4.78, 5) is 0. The molecule has 1 aliphatic rings. The van der Waals surface area contributed by atoms with Gasteiger partial charge in [-0.25, -0.2) is 0 Å². The van der Waals surface area contributed by atoms with Crippen LogP contribution in [0.3, 0.4) is 0 Å². The van der Waals surface area contributed by atoms with E-state index < -0.39 is 23.9 Å². The van der Waals surface area contributed by atoms with Crippen molar-refractivity contribution in [3.05, 3.63) is 130 Å². The minimum atomic E-state index is -1.07. The SMILES string of the molecule is CC1=C(/C=C/C(C)=C/C=C/C(C)=C/C=C/C=C(C)/C=C/C=C(C)/C=C/C=C(\C)CC[C@H](O)C(C)(C)O)C(C)(C)C[C@@H](O)[C@@H]1O. The van der Waals surface area contributed by atoms with E-state index in [4.69, 9.17) is 0 Å². The van der Waals surface area contributed by atoms with Gasteiger partial charge in [-0.05, 0) is 91.2 Å². The van der Waals surface area contributed by atoms with Crippen molar-refractivity contribution in [1.29, 1.82) is 0 Å². The number of hydrogen-bond donors (Lipinski definition) is 4. The van der Waals surface area contributed by atoms with Gasteiger partial charge in [-0.15, -0.1) is 0 Å². The molecule has 1 aliphatic carbocycles. The molecular formula is C40H58O4. The molecule has 0 aromatic carbocycles. The van der Waals surface area contributed by atoms with Crippen molar-refractivity contribution in [2.45, 2.75) is 112 Å². The van der Waals surface area contributed by atoms with E-state index in [9.17, 15) is 20.4 Å². The van der Waals surface area contributed by atoms with E-state index in [1.807, 2.05) is 50.3 Å². The summed E-state index contributed by atoms with van der Waals surface area (Å²) in [5, 5.41) is 40.2. The Balaban J connectivity index is 2.63. The van der Waals surface area contributed by atoms with E-state index >= 15 is 0 Å². The number of allylic oxidation sites excluding steroid dienone is 21. The lowest BCUT2D eigenvalue weighted by Gasteiger charge is -2.38. The van der Waals surface area contributed by atoms with Crippen LogP contribution in [-0.2, 0) is 0 Å². The van der Waals surface area contributed by atoms with Crippen LogP contribution in [-0.4, -0.2) is 44.3 Å². The molecule has 0 unspecified atom stereocenters. The van der Waals surface area contributed by atoms with Gasteiger partial charge in [0, 0.05) is 0 Å². The van der Waals surface area contributed by atoms with Gasteiger partial charge in [-0.1, -0.05) is 133 Å². The molecular weight excluding hydrogens is 544 g/mol. The zero-order valence-corrected chi connectivity index (χ0v) is 28.8. The highest BCUT2D eigenvalue weighted by Crippen LogP contribution is 2.41.